The third kappa shape index (κ3) is 1.29. The molecule has 0 unspecified atom stereocenters. The molecule has 9 heavy (non-hydrogen) atoms. The standard InChI is InChI=1S/C6H6NOS/c1-7(5-8)6-3-2-4-9-6/h2,4-5H,1H3. The van der Waals surface area contributed by atoms with Gasteiger partial charge in [-0.15, -0.1) is 11.3 Å². The summed E-state index contributed by atoms with van der Waals surface area (Å²) in [5.41, 5.74) is 0. The largest absolute Gasteiger partial charge is 0.309 e. The zero-order valence-electron chi connectivity index (χ0n) is 5.00. The van der Waals surface area contributed by atoms with Crippen molar-refractivity contribution < 1.29 is 4.79 Å². The Bertz CT molecular complexity index is 183. The predicted molar refractivity (Wildman–Crippen MR) is 37.6 cm³/mol. The van der Waals surface area contributed by atoms with Crippen LogP contribution >= 0.6 is 11.3 Å². The van der Waals surface area contributed by atoms with Crippen molar-refractivity contribution in [2.24, 2.45) is 0 Å². The summed E-state index contributed by atoms with van der Waals surface area (Å²) in [6.07, 6.45) is 0.766. The highest BCUT2D eigenvalue weighted by Crippen LogP contribution is 2.16. The number of hydrogen-bond acceptors (Lipinski definition) is 2. The molecule has 0 bridgehead atoms. The Hall–Kier alpha value is -0.830. The number of rotatable bonds is 2. The summed E-state index contributed by atoms with van der Waals surface area (Å²) in [6, 6.07) is 4.69. The second-order valence-electron chi connectivity index (χ2n) is 1.59. The molecular weight excluding hydrogens is 134 g/mol. The van der Waals surface area contributed by atoms with Crippen LogP contribution in [0, 0.1) is 6.07 Å². The van der Waals surface area contributed by atoms with Crippen LogP contribution in [0.1, 0.15) is 0 Å². The minimum Gasteiger partial charge on any atom is -0.309 e. The van der Waals surface area contributed by atoms with E-state index in [-0.39, 0.29) is 0 Å². The second kappa shape index (κ2) is 2.64. The van der Waals surface area contributed by atoms with Crippen LogP contribution in [0.5, 0.6) is 0 Å². The van der Waals surface area contributed by atoms with Crippen molar-refractivity contribution in [3.8, 4) is 0 Å². The van der Waals surface area contributed by atoms with Gasteiger partial charge in [-0.1, -0.05) is 0 Å². The first-order valence-electron chi connectivity index (χ1n) is 2.48. The van der Waals surface area contributed by atoms with Gasteiger partial charge in [-0.25, -0.2) is 0 Å². The Labute approximate surface area is 57.7 Å². The Morgan fingerprint density at radius 2 is 2.67 bits per heavy atom. The molecule has 1 aromatic rings. The molecule has 0 atom stereocenters. The highest BCUT2D eigenvalue weighted by atomic mass is 32.1. The maximum absolute atomic E-state index is 10.1. The van der Waals surface area contributed by atoms with Gasteiger partial charge in [0.1, 0.15) is 5.00 Å². The van der Waals surface area contributed by atoms with Gasteiger partial charge in [-0.3, -0.25) is 4.79 Å². The van der Waals surface area contributed by atoms with Crippen LogP contribution in [0.25, 0.3) is 0 Å². The summed E-state index contributed by atoms with van der Waals surface area (Å²) in [7, 11) is 1.70. The van der Waals surface area contributed by atoms with Crippen molar-refractivity contribution in [3.05, 3.63) is 17.5 Å². The number of hydrogen-bond donors (Lipinski definition) is 0. The van der Waals surface area contributed by atoms with Gasteiger partial charge in [0.25, 0.3) is 0 Å². The monoisotopic (exact) mass is 140 g/mol. The molecule has 0 N–H and O–H groups in total. The topological polar surface area (TPSA) is 20.3 Å². The number of nitrogens with zero attached hydrogens (tertiary/aromatic N) is 1. The van der Waals surface area contributed by atoms with Crippen LogP contribution in [0.3, 0.4) is 0 Å². The minimum absolute atomic E-state index is 0.766. The van der Waals surface area contributed by atoms with E-state index in [2.05, 4.69) is 6.07 Å². The lowest BCUT2D eigenvalue weighted by Crippen LogP contribution is -2.11. The molecule has 47 valence electrons. The molecule has 1 rings (SSSR count). The number of thiophene rings is 1. The van der Waals surface area contributed by atoms with Crippen molar-refractivity contribution in [2.45, 2.75) is 0 Å². The summed E-state index contributed by atoms with van der Waals surface area (Å²) in [4.78, 5) is 11.6. The van der Waals surface area contributed by atoms with E-state index in [9.17, 15) is 4.79 Å². The fourth-order valence-corrected chi connectivity index (χ4v) is 1.08. The van der Waals surface area contributed by atoms with E-state index >= 15 is 0 Å². The van der Waals surface area contributed by atoms with Crippen molar-refractivity contribution in [3.63, 3.8) is 0 Å². The molecule has 0 aliphatic heterocycles. The molecule has 0 aliphatic carbocycles. The molecule has 1 amide bonds. The zero-order chi connectivity index (χ0) is 6.69. The van der Waals surface area contributed by atoms with Gasteiger partial charge >= 0.3 is 0 Å². The SMILES string of the molecule is CN(C=O)c1[c]ccs1. The fraction of sp³-hybridized carbons (Fsp3) is 0.167. The molecule has 1 aromatic heterocycles. The maximum Gasteiger partial charge on any atom is 0.214 e. The summed E-state index contributed by atoms with van der Waals surface area (Å²) in [5, 5.41) is 2.74. The smallest absolute Gasteiger partial charge is 0.214 e. The number of anilines is 1. The number of carbonyl (C=O) groups is 1. The molecule has 3 heteroatoms. The van der Waals surface area contributed by atoms with Gasteiger partial charge in [0.05, 0.1) is 0 Å². The van der Waals surface area contributed by atoms with Crippen molar-refractivity contribution >= 4 is 22.7 Å². The third-order valence-electron chi connectivity index (χ3n) is 0.933. The number of amides is 1. The second-order valence-corrected chi connectivity index (χ2v) is 2.48. The summed E-state index contributed by atoms with van der Waals surface area (Å²) < 4.78 is 0. The zero-order valence-corrected chi connectivity index (χ0v) is 5.81. The highest BCUT2D eigenvalue weighted by Gasteiger charge is 1.96. The lowest BCUT2D eigenvalue weighted by molar-refractivity contribution is -0.107. The van der Waals surface area contributed by atoms with Crippen LogP contribution in [0.15, 0.2) is 11.4 Å². The van der Waals surface area contributed by atoms with Gasteiger partial charge < -0.3 is 4.90 Å². The quantitative estimate of drug-likeness (QED) is 0.564. The lowest BCUT2D eigenvalue weighted by atomic mass is 10.6. The molecule has 0 saturated heterocycles. The fourth-order valence-electron chi connectivity index (χ4n) is 0.471. The van der Waals surface area contributed by atoms with Crippen molar-refractivity contribution in [2.75, 3.05) is 11.9 Å². The first-order chi connectivity index (χ1) is 4.34. The highest BCUT2D eigenvalue weighted by molar-refractivity contribution is 7.14. The average Bonchev–Trinajstić information content (AvgIpc) is 2.37. The molecule has 0 aromatic carbocycles. The Kier molecular flexibility index (Phi) is 1.85. The van der Waals surface area contributed by atoms with E-state index in [0.29, 0.717) is 0 Å². The molecule has 2 nitrogen and oxygen atoms in total. The van der Waals surface area contributed by atoms with Gasteiger partial charge in [0, 0.05) is 13.1 Å². The predicted octanol–water partition coefficient (Wildman–Crippen LogP) is 1.14. The van der Waals surface area contributed by atoms with E-state index in [1.807, 2.05) is 5.38 Å². The summed E-state index contributed by atoms with van der Waals surface area (Å²) in [6.45, 7) is 0. The van der Waals surface area contributed by atoms with E-state index < -0.39 is 0 Å². The van der Waals surface area contributed by atoms with Crippen LogP contribution in [0.2, 0.25) is 0 Å². The van der Waals surface area contributed by atoms with E-state index in [1.165, 1.54) is 16.2 Å². The molecular formula is C6H6NOS. The van der Waals surface area contributed by atoms with Gasteiger partial charge in [0.2, 0.25) is 6.41 Å². The van der Waals surface area contributed by atoms with Crippen molar-refractivity contribution in [1.29, 1.82) is 0 Å². The maximum atomic E-state index is 10.1. The van der Waals surface area contributed by atoms with E-state index in [1.54, 1.807) is 13.1 Å². The summed E-state index contributed by atoms with van der Waals surface area (Å²) in [5.74, 6) is 0. The first-order valence-corrected chi connectivity index (χ1v) is 3.36. The van der Waals surface area contributed by atoms with Gasteiger partial charge in [0.15, 0.2) is 0 Å². The molecule has 0 spiro atoms. The summed E-state index contributed by atoms with van der Waals surface area (Å²) >= 11 is 1.49. The average molecular weight is 140 g/mol. The third-order valence-corrected chi connectivity index (χ3v) is 1.83. The van der Waals surface area contributed by atoms with Crippen LogP contribution in [-0.4, -0.2) is 13.5 Å². The van der Waals surface area contributed by atoms with Crippen LogP contribution in [0.4, 0.5) is 5.00 Å². The van der Waals surface area contributed by atoms with Gasteiger partial charge in [-0.2, -0.15) is 0 Å². The van der Waals surface area contributed by atoms with Crippen molar-refractivity contribution in [1.82, 2.24) is 0 Å². The molecule has 0 fully saturated rings. The van der Waals surface area contributed by atoms with Crippen LogP contribution in [-0.2, 0) is 4.79 Å². The molecule has 1 heterocycles. The normalized spacial score (nSPS) is 9.00. The molecule has 0 saturated carbocycles. The molecule has 0 aliphatic rings. The Balaban J connectivity index is 2.76. The molecule has 1 radical (unpaired) electrons. The van der Waals surface area contributed by atoms with E-state index in [0.717, 1.165) is 11.4 Å². The minimum atomic E-state index is 0.766. The lowest BCUT2D eigenvalue weighted by Gasteiger charge is -2.03. The number of carbonyl (C=O) groups excluding carboxylic acids is 1. The van der Waals surface area contributed by atoms with Crippen LogP contribution < -0.4 is 4.90 Å². The Morgan fingerprint density at radius 1 is 1.89 bits per heavy atom. The Morgan fingerprint density at radius 3 is 3.11 bits per heavy atom. The van der Waals surface area contributed by atoms with E-state index in [4.69, 9.17) is 0 Å². The first kappa shape index (κ1) is 6.29. The van der Waals surface area contributed by atoms with Gasteiger partial charge in [-0.05, 0) is 11.4 Å².